The number of nitro benzene ring substituents is 1. The normalized spacial score (nSPS) is 10.5. The smallest absolute Gasteiger partial charge is 0.311 e. The zero-order valence-electron chi connectivity index (χ0n) is 12.8. The Morgan fingerprint density at radius 2 is 1.67 bits per heavy atom. The van der Waals surface area contributed by atoms with Crippen LogP contribution in [0.3, 0.4) is 0 Å². The maximum absolute atomic E-state index is 11.9. The molecule has 5 nitrogen and oxygen atoms in total. The fourth-order valence-electron chi connectivity index (χ4n) is 2.46. The van der Waals surface area contributed by atoms with Crippen LogP contribution >= 0.6 is 0 Å². The van der Waals surface area contributed by atoms with E-state index in [2.05, 4.69) is 6.07 Å². The van der Waals surface area contributed by atoms with Gasteiger partial charge in [0.2, 0.25) is 0 Å². The standard InChI is InChI=1S/C19H15NO4/c21-19(24-18-10-8-17(9-11-18)20(22)23)12-6-14-5-7-15-3-1-2-4-16(15)13-14/h1-5,7-11,13H,6,12H2. The molecule has 0 aliphatic carbocycles. The molecule has 0 saturated heterocycles. The SMILES string of the molecule is O=C(CCc1ccc2ccccc2c1)Oc1ccc([N+](=O)[O-])cc1. The second-order valence-corrected chi connectivity index (χ2v) is 5.41. The lowest BCUT2D eigenvalue weighted by Crippen LogP contribution is -2.09. The number of fused-ring (bicyclic) bond motifs is 1. The van der Waals surface area contributed by atoms with Gasteiger partial charge in [-0.05, 0) is 34.9 Å². The molecule has 24 heavy (non-hydrogen) atoms. The van der Waals surface area contributed by atoms with Crippen molar-refractivity contribution in [3.8, 4) is 5.75 Å². The Morgan fingerprint density at radius 3 is 2.38 bits per heavy atom. The number of rotatable bonds is 5. The molecule has 0 saturated carbocycles. The molecule has 0 unspecified atom stereocenters. The summed E-state index contributed by atoms with van der Waals surface area (Å²) in [7, 11) is 0. The minimum absolute atomic E-state index is 0.0361. The Bertz CT molecular complexity index is 887. The Balaban J connectivity index is 1.59. The molecule has 3 aromatic carbocycles. The summed E-state index contributed by atoms with van der Waals surface area (Å²) in [4.78, 5) is 22.0. The zero-order valence-corrected chi connectivity index (χ0v) is 12.8. The van der Waals surface area contributed by atoms with E-state index in [0.717, 1.165) is 16.3 Å². The van der Waals surface area contributed by atoms with E-state index in [9.17, 15) is 14.9 Å². The molecule has 0 N–H and O–H groups in total. The third-order valence-electron chi connectivity index (χ3n) is 3.71. The van der Waals surface area contributed by atoms with Crippen LogP contribution in [0.25, 0.3) is 10.8 Å². The number of hydrogen-bond donors (Lipinski definition) is 0. The predicted octanol–water partition coefficient (Wildman–Crippen LogP) is 4.29. The Hall–Kier alpha value is -3.21. The van der Waals surface area contributed by atoms with Gasteiger partial charge in [-0.25, -0.2) is 0 Å². The van der Waals surface area contributed by atoms with E-state index in [1.807, 2.05) is 36.4 Å². The molecule has 0 bridgehead atoms. The van der Waals surface area contributed by atoms with E-state index in [4.69, 9.17) is 4.74 Å². The van der Waals surface area contributed by atoms with E-state index >= 15 is 0 Å². The lowest BCUT2D eigenvalue weighted by molar-refractivity contribution is -0.384. The summed E-state index contributed by atoms with van der Waals surface area (Å²) >= 11 is 0. The van der Waals surface area contributed by atoms with Crippen LogP contribution < -0.4 is 4.74 Å². The van der Waals surface area contributed by atoms with Crippen molar-refractivity contribution in [1.82, 2.24) is 0 Å². The van der Waals surface area contributed by atoms with Gasteiger partial charge in [0.1, 0.15) is 5.75 Å². The van der Waals surface area contributed by atoms with E-state index < -0.39 is 4.92 Å². The topological polar surface area (TPSA) is 69.4 Å². The van der Waals surface area contributed by atoms with Crippen molar-refractivity contribution >= 4 is 22.4 Å². The number of aryl methyl sites for hydroxylation is 1. The fourth-order valence-corrected chi connectivity index (χ4v) is 2.46. The first-order valence-corrected chi connectivity index (χ1v) is 7.54. The minimum Gasteiger partial charge on any atom is -0.427 e. The summed E-state index contributed by atoms with van der Waals surface area (Å²) in [6.07, 6.45) is 0.825. The van der Waals surface area contributed by atoms with Gasteiger partial charge in [0.15, 0.2) is 0 Å². The van der Waals surface area contributed by atoms with Crippen LogP contribution in [0.1, 0.15) is 12.0 Å². The molecule has 0 aliphatic heterocycles. The number of carbonyl (C=O) groups excluding carboxylic acids is 1. The molecule has 5 heteroatoms. The number of hydrogen-bond acceptors (Lipinski definition) is 4. The van der Waals surface area contributed by atoms with Crippen molar-refractivity contribution in [2.24, 2.45) is 0 Å². The first-order chi connectivity index (χ1) is 11.6. The number of carbonyl (C=O) groups is 1. The highest BCUT2D eigenvalue weighted by Gasteiger charge is 2.09. The average molecular weight is 321 g/mol. The summed E-state index contributed by atoms with van der Waals surface area (Å²) in [6, 6.07) is 19.6. The predicted molar refractivity (Wildman–Crippen MR) is 91.0 cm³/mol. The minimum atomic E-state index is -0.495. The molecular formula is C19H15NO4. The van der Waals surface area contributed by atoms with Gasteiger partial charge in [0, 0.05) is 18.6 Å². The summed E-state index contributed by atoms with van der Waals surface area (Å²) < 4.78 is 5.20. The van der Waals surface area contributed by atoms with Gasteiger partial charge in [-0.15, -0.1) is 0 Å². The molecule has 120 valence electrons. The third-order valence-corrected chi connectivity index (χ3v) is 3.71. The van der Waals surface area contributed by atoms with Gasteiger partial charge in [-0.2, -0.15) is 0 Å². The van der Waals surface area contributed by atoms with Gasteiger partial charge < -0.3 is 4.74 Å². The third kappa shape index (κ3) is 3.76. The van der Waals surface area contributed by atoms with E-state index in [1.54, 1.807) is 0 Å². The molecule has 3 rings (SSSR count). The second-order valence-electron chi connectivity index (χ2n) is 5.41. The van der Waals surface area contributed by atoms with Crippen LogP contribution in [-0.4, -0.2) is 10.9 Å². The number of nitro groups is 1. The monoisotopic (exact) mass is 321 g/mol. The fraction of sp³-hybridized carbons (Fsp3) is 0.105. The summed E-state index contributed by atoms with van der Waals surface area (Å²) in [6.45, 7) is 0. The van der Waals surface area contributed by atoms with Crippen LogP contribution in [-0.2, 0) is 11.2 Å². The number of esters is 1. The number of benzene rings is 3. The quantitative estimate of drug-likeness (QED) is 0.304. The van der Waals surface area contributed by atoms with Crippen molar-refractivity contribution in [2.75, 3.05) is 0 Å². The number of ether oxygens (including phenoxy) is 1. The van der Waals surface area contributed by atoms with Gasteiger partial charge in [-0.3, -0.25) is 14.9 Å². The van der Waals surface area contributed by atoms with E-state index in [0.29, 0.717) is 12.2 Å². The molecule has 0 atom stereocenters. The number of nitrogens with zero attached hydrogens (tertiary/aromatic N) is 1. The lowest BCUT2D eigenvalue weighted by Gasteiger charge is -2.05. The van der Waals surface area contributed by atoms with Crippen molar-refractivity contribution in [2.45, 2.75) is 12.8 Å². The van der Waals surface area contributed by atoms with Crippen molar-refractivity contribution in [3.05, 3.63) is 82.4 Å². The van der Waals surface area contributed by atoms with E-state index in [-0.39, 0.29) is 18.1 Å². The van der Waals surface area contributed by atoms with E-state index in [1.165, 1.54) is 24.3 Å². The molecule has 3 aromatic rings. The molecule has 0 aliphatic rings. The first kappa shape index (κ1) is 15.7. The lowest BCUT2D eigenvalue weighted by atomic mass is 10.0. The zero-order chi connectivity index (χ0) is 16.9. The molecule has 0 aromatic heterocycles. The van der Waals surface area contributed by atoms with Crippen molar-refractivity contribution in [3.63, 3.8) is 0 Å². The second kappa shape index (κ2) is 6.91. The molecule has 0 spiro atoms. The molecule has 0 fully saturated rings. The van der Waals surface area contributed by atoms with Crippen molar-refractivity contribution < 1.29 is 14.5 Å². The van der Waals surface area contributed by atoms with Gasteiger partial charge in [0.05, 0.1) is 4.92 Å². The highest BCUT2D eigenvalue weighted by atomic mass is 16.6. The summed E-state index contributed by atoms with van der Waals surface area (Å²) in [5.41, 5.74) is 1.03. The summed E-state index contributed by atoms with van der Waals surface area (Å²) in [5.74, 6) is -0.0545. The van der Waals surface area contributed by atoms with Crippen LogP contribution in [0, 0.1) is 10.1 Å². The Labute approximate surface area is 138 Å². The van der Waals surface area contributed by atoms with Crippen LogP contribution in [0.4, 0.5) is 5.69 Å². The molecular weight excluding hydrogens is 306 g/mol. The largest absolute Gasteiger partial charge is 0.427 e. The highest BCUT2D eigenvalue weighted by Crippen LogP contribution is 2.19. The van der Waals surface area contributed by atoms with Crippen LogP contribution in [0.5, 0.6) is 5.75 Å². The van der Waals surface area contributed by atoms with Gasteiger partial charge in [0.25, 0.3) is 5.69 Å². The Morgan fingerprint density at radius 1 is 0.958 bits per heavy atom. The number of non-ortho nitro benzene ring substituents is 1. The maximum Gasteiger partial charge on any atom is 0.311 e. The molecule has 0 amide bonds. The Kier molecular flexibility index (Phi) is 4.52. The average Bonchev–Trinajstić information content (AvgIpc) is 2.60. The highest BCUT2D eigenvalue weighted by molar-refractivity contribution is 5.83. The van der Waals surface area contributed by atoms with Crippen LogP contribution in [0.2, 0.25) is 0 Å². The van der Waals surface area contributed by atoms with Crippen LogP contribution in [0.15, 0.2) is 66.7 Å². The summed E-state index contributed by atoms with van der Waals surface area (Å²) in [5, 5.41) is 12.9. The first-order valence-electron chi connectivity index (χ1n) is 7.54. The molecule has 0 radical (unpaired) electrons. The maximum atomic E-state index is 11.9. The van der Waals surface area contributed by atoms with Gasteiger partial charge in [-0.1, -0.05) is 42.5 Å². The van der Waals surface area contributed by atoms with Crippen molar-refractivity contribution in [1.29, 1.82) is 0 Å². The molecule has 0 heterocycles. The van der Waals surface area contributed by atoms with Gasteiger partial charge >= 0.3 is 5.97 Å².